The Bertz CT molecular complexity index is 137. The number of nitrogens with zero attached hydrogens (tertiary/aromatic N) is 1. The molecule has 0 heterocycles. The van der Waals surface area contributed by atoms with E-state index < -0.39 is 5.54 Å². The lowest BCUT2D eigenvalue weighted by Crippen LogP contribution is -2.55. The van der Waals surface area contributed by atoms with Crippen LogP contribution >= 0.6 is 0 Å². The predicted molar refractivity (Wildman–Crippen MR) is 49.3 cm³/mol. The number of methoxy groups -OCH3 is 1. The molecule has 0 bridgehead atoms. The number of oxime groups is 1. The number of hydrogen-bond acceptors (Lipinski definition) is 6. The Hall–Kier alpha value is -0.690. The van der Waals surface area contributed by atoms with Gasteiger partial charge in [-0.25, -0.2) is 5.90 Å². The minimum atomic E-state index is -0.481. The van der Waals surface area contributed by atoms with Crippen molar-refractivity contribution in [2.75, 3.05) is 34.0 Å². The maximum absolute atomic E-state index is 5.01. The van der Waals surface area contributed by atoms with Gasteiger partial charge in [0.25, 0.3) is 0 Å². The van der Waals surface area contributed by atoms with Crippen LogP contribution in [-0.4, -0.2) is 46.2 Å². The van der Waals surface area contributed by atoms with Gasteiger partial charge >= 0.3 is 0 Å². The molecule has 3 N–H and O–H groups in total. The van der Waals surface area contributed by atoms with E-state index in [4.69, 9.17) is 15.5 Å². The number of hydrogen-bond donors (Lipinski definition) is 2. The van der Waals surface area contributed by atoms with Crippen molar-refractivity contribution in [3.05, 3.63) is 0 Å². The second kappa shape index (κ2) is 6.79. The number of likely N-dealkylation sites (N-methyl/N-ethyl adjacent to an activating group) is 1. The zero-order valence-electron chi connectivity index (χ0n) is 8.08. The van der Waals surface area contributed by atoms with Crippen LogP contribution in [0, 0.1) is 0 Å². The molecule has 0 saturated heterocycles. The van der Waals surface area contributed by atoms with Crippen molar-refractivity contribution in [3.63, 3.8) is 0 Å². The van der Waals surface area contributed by atoms with E-state index in [0.717, 1.165) is 0 Å². The standard InChI is InChI=1S/C7H17N3O3/c1-9-7(4-11-3,5-12-8)6-13-10-2/h9H,2,4-6,8H2,1,3H3. The van der Waals surface area contributed by atoms with Gasteiger partial charge in [-0.05, 0) is 7.05 Å². The van der Waals surface area contributed by atoms with Crippen molar-refractivity contribution in [1.29, 1.82) is 0 Å². The number of nitrogens with two attached hydrogens (primary N) is 1. The molecule has 6 heteroatoms. The van der Waals surface area contributed by atoms with E-state index in [-0.39, 0.29) is 13.2 Å². The van der Waals surface area contributed by atoms with Crippen LogP contribution in [0.15, 0.2) is 5.16 Å². The molecule has 0 radical (unpaired) electrons. The van der Waals surface area contributed by atoms with Crippen molar-refractivity contribution >= 4 is 6.72 Å². The Morgan fingerprint density at radius 3 is 2.54 bits per heavy atom. The minimum absolute atomic E-state index is 0.271. The second-order valence-corrected chi connectivity index (χ2v) is 2.68. The van der Waals surface area contributed by atoms with Gasteiger partial charge in [0.2, 0.25) is 0 Å². The lowest BCUT2D eigenvalue weighted by Gasteiger charge is -2.29. The molecule has 0 rings (SSSR count). The molecule has 1 atom stereocenters. The van der Waals surface area contributed by atoms with E-state index in [1.807, 2.05) is 0 Å². The zero-order valence-corrected chi connectivity index (χ0v) is 8.08. The van der Waals surface area contributed by atoms with Crippen LogP contribution in [0.2, 0.25) is 0 Å². The Morgan fingerprint density at radius 1 is 1.46 bits per heavy atom. The topological polar surface area (TPSA) is 78.1 Å². The first-order chi connectivity index (χ1) is 6.24. The smallest absolute Gasteiger partial charge is 0.139 e. The highest BCUT2D eigenvalue weighted by atomic mass is 16.6. The van der Waals surface area contributed by atoms with E-state index in [9.17, 15) is 0 Å². The number of ether oxygens (including phenoxy) is 1. The van der Waals surface area contributed by atoms with E-state index in [0.29, 0.717) is 6.61 Å². The van der Waals surface area contributed by atoms with Gasteiger partial charge in [0, 0.05) is 13.8 Å². The Morgan fingerprint density at radius 2 is 2.15 bits per heavy atom. The fraction of sp³-hybridized carbons (Fsp3) is 0.857. The molecule has 0 aliphatic heterocycles. The quantitative estimate of drug-likeness (QED) is 0.384. The molecular formula is C7H17N3O3. The van der Waals surface area contributed by atoms with E-state index >= 15 is 0 Å². The van der Waals surface area contributed by atoms with Crippen molar-refractivity contribution in [2.24, 2.45) is 11.1 Å². The lowest BCUT2D eigenvalue weighted by atomic mass is 10.0. The zero-order chi connectivity index (χ0) is 10.2. The first kappa shape index (κ1) is 12.3. The monoisotopic (exact) mass is 191 g/mol. The largest absolute Gasteiger partial charge is 0.394 e. The van der Waals surface area contributed by atoms with Crippen LogP contribution in [0.25, 0.3) is 0 Å². The van der Waals surface area contributed by atoms with Crippen LogP contribution < -0.4 is 11.2 Å². The Kier molecular flexibility index (Phi) is 6.43. The molecule has 0 aromatic carbocycles. The summed E-state index contributed by atoms with van der Waals surface area (Å²) in [5, 5.41) is 6.30. The maximum Gasteiger partial charge on any atom is 0.139 e. The first-order valence-corrected chi connectivity index (χ1v) is 3.82. The first-order valence-electron chi connectivity index (χ1n) is 3.82. The highest BCUT2D eigenvalue weighted by Crippen LogP contribution is 2.06. The van der Waals surface area contributed by atoms with Gasteiger partial charge in [-0.3, -0.25) is 0 Å². The van der Waals surface area contributed by atoms with Gasteiger partial charge in [-0.1, -0.05) is 0 Å². The van der Waals surface area contributed by atoms with Crippen molar-refractivity contribution in [2.45, 2.75) is 5.54 Å². The molecule has 0 aromatic heterocycles. The molecule has 0 fully saturated rings. The van der Waals surface area contributed by atoms with Gasteiger partial charge in [0.1, 0.15) is 12.1 Å². The summed E-state index contributed by atoms with van der Waals surface area (Å²) < 4.78 is 5.01. The molecule has 0 aliphatic carbocycles. The second-order valence-electron chi connectivity index (χ2n) is 2.68. The summed E-state index contributed by atoms with van der Waals surface area (Å²) in [6.45, 7) is 4.18. The Balaban J connectivity index is 4.15. The number of nitrogens with one attached hydrogen (secondary N) is 1. The van der Waals surface area contributed by atoms with Crippen LogP contribution in [0.3, 0.4) is 0 Å². The van der Waals surface area contributed by atoms with E-state index in [2.05, 4.69) is 22.0 Å². The molecule has 6 nitrogen and oxygen atoms in total. The highest BCUT2D eigenvalue weighted by molar-refractivity contribution is 5.21. The minimum Gasteiger partial charge on any atom is -0.394 e. The van der Waals surface area contributed by atoms with Gasteiger partial charge in [-0.2, -0.15) is 0 Å². The molecule has 0 saturated carbocycles. The highest BCUT2D eigenvalue weighted by Gasteiger charge is 2.30. The average Bonchev–Trinajstić information content (AvgIpc) is 2.15. The van der Waals surface area contributed by atoms with Gasteiger partial charge in [0.05, 0.1) is 13.2 Å². The Labute approximate surface area is 78.0 Å². The summed E-state index contributed by atoms with van der Waals surface area (Å²) in [4.78, 5) is 9.39. The summed E-state index contributed by atoms with van der Waals surface area (Å²) in [7, 11) is 3.36. The summed E-state index contributed by atoms with van der Waals surface area (Å²) in [6, 6.07) is 0. The summed E-state index contributed by atoms with van der Waals surface area (Å²) >= 11 is 0. The van der Waals surface area contributed by atoms with Crippen molar-refractivity contribution < 1.29 is 14.4 Å². The fourth-order valence-electron chi connectivity index (χ4n) is 0.947. The maximum atomic E-state index is 5.01. The van der Waals surface area contributed by atoms with Crippen LogP contribution in [0.4, 0.5) is 0 Å². The molecule has 78 valence electrons. The molecule has 0 aromatic rings. The molecule has 0 spiro atoms. The SMILES string of the molecule is C=NOCC(COC)(CON)NC. The summed E-state index contributed by atoms with van der Waals surface area (Å²) in [6.07, 6.45) is 0. The molecule has 0 aliphatic rings. The molecular weight excluding hydrogens is 174 g/mol. The lowest BCUT2D eigenvalue weighted by molar-refractivity contribution is -0.0259. The summed E-state index contributed by atoms with van der Waals surface area (Å²) in [5.74, 6) is 4.99. The van der Waals surface area contributed by atoms with Crippen LogP contribution in [-0.2, 0) is 14.4 Å². The third-order valence-corrected chi connectivity index (χ3v) is 1.74. The van der Waals surface area contributed by atoms with Crippen LogP contribution in [0.1, 0.15) is 0 Å². The third-order valence-electron chi connectivity index (χ3n) is 1.74. The fourth-order valence-corrected chi connectivity index (χ4v) is 0.947. The molecule has 1 unspecified atom stereocenters. The average molecular weight is 191 g/mol. The normalized spacial score (nSPS) is 15.0. The van der Waals surface area contributed by atoms with E-state index in [1.165, 1.54) is 0 Å². The van der Waals surface area contributed by atoms with Crippen molar-refractivity contribution in [1.82, 2.24) is 5.32 Å². The van der Waals surface area contributed by atoms with Gasteiger partial charge in [-0.15, -0.1) is 5.16 Å². The molecule has 13 heavy (non-hydrogen) atoms. The third kappa shape index (κ3) is 4.18. The predicted octanol–water partition coefficient (Wildman–Crippen LogP) is -0.886. The molecule has 0 amide bonds. The van der Waals surface area contributed by atoms with Crippen molar-refractivity contribution in [3.8, 4) is 0 Å². The number of rotatable bonds is 8. The van der Waals surface area contributed by atoms with Crippen LogP contribution in [0.5, 0.6) is 0 Å². The van der Waals surface area contributed by atoms with E-state index in [1.54, 1.807) is 14.2 Å². The van der Waals surface area contributed by atoms with Gasteiger partial charge in [0.15, 0.2) is 0 Å². The van der Waals surface area contributed by atoms with Gasteiger partial charge < -0.3 is 19.7 Å². The summed E-state index contributed by atoms with van der Waals surface area (Å²) in [5.41, 5.74) is -0.481.